The molecule has 4 aromatic rings. The molecule has 0 bridgehead atoms. The summed E-state index contributed by atoms with van der Waals surface area (Å²) in [6.07, 6.45) is 1.14. The third-order valence-electron chi connectivity index (χ3n) is 5.34. The van der Waals surface area contributed by atoms with E-state index in [1.165, 1.54) is 16.8 Å². The number of benzene rings is 4. The van der Waals surface area contributed by atoms with Gasteiger partial charge in [0.05, 0.1) is 6.04 Å². The molecule has 2 heteroatoms. The van der Waals surface area contributed by atoms with Crippen LogP contribution in [0.1, 0.15) is 31.0 Å². The SMILES string of the molecule is CC(c1ccccc1)N(C)c1ccccc1.CCc1ccccc1.CNc1ccccc1. The van der Waals surface area contributed by atoms with Crippen molar-refractivity contribution in [2.45, 2.75) is 26.3 Å². The summed E-state index contributed by atoms with van der Waals surface area (Å²) in [6.45, 7) is 4.39. The van der Waals surface area contributed by atoms with Gasteiger partial charge in [-0.15, -0.1) is 0 Å². The Kier molecular flexibility index (Phi) is 11.2. The Bertz CT molecular complexity index is 872. The van der Waals surface area contributed by atoms with E-state index in [-0.39, 0.29) is 0 Å². The topological polar surface area (TPSA) is 15.3 Å². The average Bonchev–Trinajstić information content (AvgIpc) is 2.90. The summed E-state index contributed by atoms with van der Waals surface area (Å²) < 4.78 is 0. The van der Waals surface area contributed by atoms with E-state index >= 15 is 0 Å². The molecule has 0 radical (unpaired) electrons. The first-order valence-corrected chi connectivity index (χ1v) is 11.2. The molecule has 0 aliphatic carbocycles. The van der Waals surface area contributed by atoms with Crippen LogP contribution < -0.4 is 10.2 Å². The molecule has 4 rings (SSSR count). The molecule has 0 aliphatic rings. The number of nitrogens with one attached hydrogen (secondary N) is 1. The smallest absolute Gasteiger partial charge is 0.0510 e. The molecule has 0 saturated heterocycles. The van der Waals surface area contributed by atoms with Gasteiger partial charge in [0, 0.05) is 25.5 Å². The van der Waals surface area contributed by atoms with Gasteiger partial charge in [-0.1, -0.05) is 104 Å². The number of hydrogen-bond donors (Lipinski definition) is 1. The summed E-state index contributed by atoms with van der Waals surface area (Å²) in [5.74, 6) is 0. The predicted octanol–water partition coefficient (Wildman–Crippen LogP) is 7.86. The zero-order chi connectivity index (χ0) is 23.0. The van der Waals surface area contributed by atoms with Crippen molar-refractivity contribution < 1.29 is 0 Å². The highest BCUT2D eigenvalue weighted by molar-refractivity contribution is 5.47. The number of para-hydroxylation sites is 2. The van der Waals surface area contributed by atoms with Crippen molar-refractivity contribution in [1.29, 1.82) is 0 Å². The van der Waals surface area contributed by atoms with Crippen LogP contribution in [0, 0.1) is 0 Å². The van der Waals surface area contributed by atoms with Gasteiger partial charge in [-0.2, -0.15) is 0 Å². The molecule has 1 N–H and O–H groups in total. The van der Waals surface area contributed by atoms with Gasteiger partial charge in [0.2, 0.25) is 0 Å². The fraction of sp³-hybridized carbons (Fsp3) is 0.200. The van der Waals surface area contributed by atoms with E-state index in [1.54, 1.807) is 0 Å². The van der Waals surface area contributed by atoms with Gasteiger partial charge < -0.3 is 10.2 Å². The molecule has 0 spiro atoms. The van der Waals surface area contributed by atoms with Gasteiger partial charge in [0.15, 0.2) is 0 Å². The number of hydrogen-bond acceptors (Lipinski definition) is 2. The zero-order valence-electron chi connectivity index (χ0n) is 19.8. The lowest BCUT2D eigenvalue weighted by molar-refractivity contribution is 0.740. The highest BCUT2D eigenvalue weighted by Gasteiger charge is 2.10. The maximum Gasteiger partial charge on any atom is 0.0510 e. The summed E-state index contributed by atoms with van der Waals surface area (Å²) in [5, 5.41) is 3.03. The van der Waals surface area contributed by atoms with Crippen LogP contribution in [0.15, 0.2) is 121 Å². The van der Waals surface area contributed by atoms with Crippen LogP contribution in [0.25, 0.3) is 0 Å². The molecule has 0 amide bonds. The summed E-state index contributed by atoms with van der Waals surface area (Å²) >= 11 is 0. The van der Waals surface area contributed by atoms with Crippen molar-refractivity contribution in [3.63, 3.8) is 0 Å². The Labute approximate surface area is 194 Å². The monoisotopic (exact) mass is 424 g/mol. The second-order valence-electron chi connectivity index (χ2n) is 7.49. The van der Waals surface area contributed by atoms with E-state index < -0.39 is 0 Å². The number of nitrogens with zero attached hydrogens (tertiary/aromatic N) is 1. The first-order chi connectivity index (χ1) is 15.7. The number of aryl methyl sites for hydroxylation is 1. The maximum absolute atomic E-state index is 3.03. The van der Waals surface area contributed by atoms with Crippen LogP contribution >= 0.6 is 0 Å². The Balaban J connectivity index is 0.000000190. The highest BCUT2D eigenvalue weighted by atomic mass is 15.1. The molecule has 1 atom stereocenters. The minimum absolute atomic E-state index is 0.392. The van der Waals surface area contributed by atoms with E-state index in [9.17, 15) is 0 Å². The Morgan fingerprint density at radius 1 is 0.656 bits per heavy atom. The average molecular weight is 425 g/mol. The summed E-state index contributed by atoms with van der Waals surface area (Å²) in [7, 11) is 4.04. The number of rotatable bonds is 5. The van der Waals surface area contributed by atoms with Crippen LogP contribution in [0.5, 0.6) is 0 Å². The maximum atomic E-state index is 3.03. The molecule has 0 aliphatic heterocycles. The van der Waals surface area contributed by atoms with Crippen LogP contribution in [0.2, 0.25) is 0 Å². The standard InChI is InChI=1S/C15H17N.C8H10.C7H9N/c1-13(14-9-5-3-6-10-14)16(2)15-11-7-4-8-12-15;1-2-8-6-4-3-5-7-8;1-8-7-5-3-2-4-6-7/h3-13H,1-2H3;3-7H,2H2,1H3;2-6,8H,1H3. The van der Waals surface area contributed by atoms with E-state index in [1.807, 2.05) is 49.5 Å². The summed E-state index contributed by atoms with van der Waals surface area (Å²) in [4.78, 5) is 2.29. The molecule has 1 unspecified atom stereocenters. The first-order valence-electron chi connectivity index (χ1n) is 11.2. The van der Waals surface area contributed by atoms with Crippen molar-refractivity contribution in [2.75, 3.05) is 24.3 Å². The van der Waals surface area contributed by atoms with E-state index in [0.717, 1.165) is 12.1 Å². The number of anilines is 2. The summed E-state index contributed by atoms with van der Waals surface area (Å²) in [6, 6.07) is 42.0. The normalized spacial score (nSPS) is 10.5. The lowest BCUT2D eigenvalue weighted by atomic mass is 10.1. The van der Waals surface area contributed by atoms with Crippen molar-refractivity contribution in [2.24, 2.45) is 0 Å². The second-order valence-corrected chi connectivity index (χ2v) is 7.49. The fourth-order valence-corrected chi connectivity index (χ4v) is 3.16. The molecule has 0 fully saturated rings. The van der Waals surface area contributed by atoms with E-state index in [0.29, 0.717) is 6.04 Å². The quantitative estimate of drug-likeness (QED) is 0.351. The van der Waals surface area contributed by atoms with Crippen molar-refractivity contribution in [3.05, 3.63) is 132 Å². The Hall–Kier alpha value is -3.52. The molecule has 0 saturated carbocycles. The van der Waals surface area contributed by atoms with Crippen molar-refractivity contribution in [3.8, 4) is 0 Å². The van der Waals surface area contributed by atoms with Gasteiger partial charge in [0.1, 0.15) is 0 Å². The second kappa shape index (κ2) is 14.5. The molecule has 4 aromatic carbocycles. The van der Waals surface area contributed by atoms with Crippen LogP contribution in [-0.4, -0.2) is 14.1 Å². The lowest BCUT2D eigenvalue weighted by Gasteiger charge is -2.27. The van der Waals surface area contributed by atoms with Crippen LogP contribution in [0.4, 0.5) is 11.4 Å². The van der Waals surface area contributed by atoms with Gasteiger partial charge in [-0.3, -0.25) is 0 Å². The van der Waals surface area contributed by atoms with Gasteiger partial charge in [-0.05, 0) is 48.7 Å². The predicted molar refractivity (Wildman–Crippen MR) is 142 cm³/mol. The molecule has 32 heavy (non-hydrogen) atoms. The van der Waals surface area contributed by atoms with Crippen molar-refractivity contribution >= 4 is 11.4 Å². The first kappa shape index (κ1) is 24.7. The fourth-order valence-electron chi connectivity index (χ4n) is 3.16. The van der Waals surface area contributed by atoms with Gasteiger partial charge in [-0.25, -0.2) is 0 Å². The summed E-state index contributed by atoms with van der Waals surface area (Å²) in [5.41, 5.74) is 5.16. The van der Waals surface area contributed by atoms with E-state index in [2.05, 4.69) is 110 Å². The van der Waals surface area contributed by atoms with Gasteiger partial charge in [0.25, 0.3) is 0 Å². The molecule has 2 nitrogen and oxygen atoms in total. The molecule has 166 valence electrons. The zero-order valence-corrected chi connectivity index (χ0v) is 19.8. The van der Waals surface area contributed by atoms with E-state index in [4.69, 9.17) is 0 Å². The molecule has 0 heterocycles. The van der Waals surface area contributed by atoms with Crippen LogP contribution in [0.3, 0.4) is 0 Å². The lowest BCUT2D eigenvalue weighted by Crippen LogP contribution is -2.21. The highest BCUT2D eigenvalue weighted by Crippen LogP contribution is 2.24. The third kappa shape index (κ3) is 8.69. The molecular weight excluding hydrogens is 388 g/mol. The van der Waals surface area contributed by atoms with Crippen LogP contribution in [-0.2, 0) is 6.42 Å². The third-order valence-corrected chi connectivity index (χ3v) is 5.34. The minimum atomic E-state index is 0.392. The molecular formula is C30H36N2. The Morgan fingerprint density at radius 2 is 1.09 bits per heavy atom. The van der Waals surface area contributed by atoms with Gasteiger partial charge >= 0.3 is 0 Å². The van der Waals surface area contributed by atoms with Crippen molar-refractivity contribution in [1.82, 2.24) is 0 Å². The molecule has 0 aromatic heterocycles. The Morgan fingerprint density at radius 3 is 1.50 bits per heavy atom. The largest absolute Gasteiger partial charge is 0.388 e. The minimum Gasteiger partial charge on any atom is -0.388 e.